The Bertz CT molecular complexity index is 769. The molecule has 1 aromatic rings. The lowest BCUT2D eigenvalue weighted by atomic mass is 9.85. The van der Waals surface area contributed by atoms with E-state index in [1.807, 2.05) is 39.0 Å². The molecule has 0 saturated carbocycles. The minimum Gasteiger partial charge on any atom is -0.490 e. The van der Waals surface area contributed by atoms with Crippen molar-refractivity contribution in [3.63, 3.8) is 0 Å². The van der Waals surface area contributed by atoms with E-state index >= 15 is 0 Å². The Kier molecular flexibility index (Phi) is 13.0. The van der Waals surface area contributed by atoms with Crippen LogP contribution < -0.4 is 9.47 Å². The van der Waals surface area contributed by atoms with Crippen LogP contribution in [-0.2, 0) is 20.9 Å². The van der Waals surface area contributed by atoms with Gasteiger partial charge in [-0.05, 0) is 70.9 Å². The van der Waals surface area contributed by atoms with Crippen LogP contribution in [0.25, 0.3) is 0 Å². The number of carboxylic acid groups (broad SMARTS) is 2. The molecule has 2 fully saturated rings. The highest BCUT2D eigenvalue weighted by Crippen LogP contribution is 2.39. The molecule has 10 heteroatoms. The Morgan fingerprint density at radius 1 is 1.06 bits per heavy atom. The standard InChI is InChI=1S/C22H35N3O3.2CH2O2/c1-5-27-20-16-18(8-9-19(20)28-15-14-23(2)3)17-25-13-7-11-22(25)10-6-12-24(4)21(22)26;2*2-1-3/h8-9,16H,5-7,10-15,17H2,1-4H3;2*1H,(H,2,3). The first-order valence-corrected chi connectivity index (χ1v) is 11.5. The van der Waals surface area contributed by atoms with Gasteiger partial charge in [0.15, 0.2) is 11.5 Å². The highest BCUT2D eigenvalue weighted by Gasteiger charge is 2.49. The Morgan fingerprint density at radius 2 is 1.68 bits per heavy atom. The number of piperidine rings is 1. The van der Waals surface area contributed by atoms with Gasteiger partial charge in [0.25, 0.3) is 12.9 Å². The predicted octanol–water partition coefficient (Wildman–Crippen LogP) is 2.01. The van der Waals surface area contributed by atoms with Gasteiger partial charge in [0, 0.05) is 26.7 Å². The monoisotopic (exact) mass is 481 g/mol. The molecule has 1 atom stereocenters. The van der Waals surface area contributed by atoms with E-state index < -0.39 is 0 Å². The number of ether oxygens (including phenoxy) is 2. The number of nitrogens with zero attached hydrogens (tertiary/aromatic N) is 3. The highest BCUT2D eigenvalue weighted by molar-refractivity contribution is 5.87. The summed E-state index contributed by atoms with van der Waals surface area (Å²) in [5, 5.41) is 13.8. The van der Waals surface area contributed by atoms with Crippen molar-refractivity contribution in [1.29, 1.82) is 0 Å². The van der Waals surface area contributed by atoms with E-state index in [-0.39, 0.29) is 18.5 Å². The molecule has 0 bridgehead atoms. The Labute approximate surface area is 202 Å². The van der Waals surface area contributed by atoms with E-state index in [0.717, 1.165) is 63.4 Å². The number of carbonyl (C=O) groups is 3. The molecule has 1 spiro atoms. The lowest BCUT2D eigenvalue weighted by Crippen LogP contribution is -2.58. The van der Waals surface area contributed by atoms with Crippen molar-refractivity contribution in [2.75, 3.05) is 54.0 Å². The van der Waals surface area contributed by atoms with Crippen molar-refractivity contribution >= 4 is 18.9 Å². The number of benzene rings is 1. The zero-order chi connectivity index (χ0) is 25.6. The van der Waals surface area contributed by atoms with Crippen LogP contribution in [0.2, 0.25) is 0 Å². The lowest BCUT2D eigenvalue weighted by molar-refractivity contribution is -0.146. The van der Waals surface area contributed by atoms with Gasteiger partial charge in [0.05, 0.1) is 6.61 Å². The fraction of sp³-hybridized carbons (Fsp3) is 0.625. The van der Waals surface area contributed by atoms with Gasteiger partial charge >= 0.3 is 0 Å². The highest BCUT2D eigenvalue weighted by atomic mass is 16.5. The molecule has 2 aliphatic rings. The second-order valence-corrected chi connectivity index (χ2v) is 8.46. The largest absolute Gasteiger partial charge is 0.490 e. The zero-order valence-corrected chi connectivity index (χ0v) is 20.7. The molecular weight excluding hydrogens is 442 g/mol. The van der Waals surface area contributed by atoms with Crippen LogP contribution in [0, 0.1) is 0 Å². The van der Waals surface area contributed by atoms with Crippen LogP contribution in [-0.4, -0.2) is 103 Å². The summed E-state index contributed by atoms with van der Waals surface area (Å²) in [4.78, 5) is 36.1. The van der Waals surface area contributed by atoms with E-state index in [0.29, 0.717) is 19.1 Å². The zero-order valence-electron chi connectivity index (χ0n) is 20.7. The van der Waals surface area contributed by atoms with Crippen LogP contribution in [0.3, 0.4) is 0 Å². The Morgan fingerprint density at radius 3 is 2.26 bits per heavy atom. The molecule has 2 N–H and O–H groups in total. The molecule has 2 heterocycles. The number of likely N-dealkylation sites (tertiary alicyclic amines) is 2. The van der Waals surface area contributed by atoms with Crippen LogP contribution in [0.4, 0.5) is 0 Å². The number of carbonyl (C=O) groups excluding carboxylic acids is 1. The predicted molar refractivity (Wildman–Crippen MR) is 128 cm³/mol. The molecule has 0 radical (unpaired) electrons. The summed E-state index contributed by atoms with van der Waals surface area (Å²) in [6.45, 7) is 6.21. The average molecular weight is 482 g/mol. The first-order valence-electron chi connectivity index (χ1n) is 11.5. The first-order chi connectivity index (χ1) is 16.3. The first kappa shape index (κ1) is 29.2. The fourth-order valence-corrected chi connectivity index (χ4v) is 4.46. The third kappa shape index (κ3) is 8.18. The van der Waals surface area contributed by atoms with Gasteiger partial charge in [-0.1, -0.05) is 6.07 Å². The molecule has 1 aromatic carbocycles. The summed E-state index contributed by atoms with van der Waals surface area (Å²) >= 11 is 0. The minimum atomic E-state index is -0.306. The third-order valence-corrected chi connectivity index (χ3v) is 5.93. The van der Waals surface area contributed by atoms with Crippen molar-refractivity contribution in [3.8, 4) is 11.5 Å². The molecule has 10 nitrogen and oxygen atoms in total. The Balaban J connectivity index is 0.000000872. The minimum absolute atomic E-state index is 0.250. The van der Waals surface area contributed by atoms with Gasteiger partial charge in [-0.25, -0.2) is 0 Å². The van der Waals surface area contributed by atoms with Crippen LogP contribution >= 0.6 is 0 Å². The van der Waals surface area contributed by atoms with Gasteiger partial charge in [-0.15, -0.1) is 0 Å². The maximum Gasteiger partial charge on any atom is 0.290 e. The summed E-state index contributed by atoms with van der Waals surface area (Å²) in [6.07, 6.45) is 4.12. The quantitative estimate of drug-likeness (QED) is 0.537. The number of likely N-dealkylation sites (N-methyl/N-ethyl adjacent to an activating group) is 2. The summed E-state index contributed by atoms with van der Waals surface area (Å²) in [7, 11) is 6.00. The number of rotatable bonds is 8. The van der Waals surface area contributed by atoms with Crippen molar-refractivity contribution in [3.05, 3.63) is 23.8 Å². The summed E-state index contributed by atoms with van der Waals surface area (Å²) in [6, 6.07) is 6.20. The SMILES string of the molecule is CCOc1cc(CN2CCCC23CCCN(C)C3=O)ccc1OCCN(C)C.O=CO.O=CO. The molecule has 3 rings (SSSR count). The molecule has 2 aliphatic heterocycles. The second kappa shape index (κ2) is 15.1. The number of hydrogen-bond donors (Lipinski definition) is 2. The maximum atomic E-state index is 13.0. The topological polar surface area (TPSA) is 120 Å². The average Bonchev–Trinajstić information content (AvgIpc) is 3.17. The molecule has 1 amide bonds. The van der Waals surface area contributed by atoms with E-state index in [1.165, 1.54) is 5.56 Å². The molecule has 1 unspecified atom stereocenters. The van der Waals surface area contributed by atoms with E-state index in [1.54, 1.807) is 0 Å². The third-order valence-electron chi connectivity index (χ3n) is 5.93. The maximum absolute atomic E-state index is 13.0. The van der Waals surface area contributed by atoms with E-state index in [2.05, 4.69) is 21.9 Å². The smallest absolute Gasteiger partial charge is 0.290 e. The molecule has 0 aliphatic carbocycles. The van der Waals surface area contributed by atoms with Gasteiger partial charge in [-0.3, -0.25) is 19.3 Å². The normalized spacial score (nSPS) is 19.7. The van der Waals surface area contributed by atoms with E-state index in [4.69, 9.17) is 29.3 Å². The molecular formula is C24H39N3O7. The lowest BCUT2D eigenvalue weighted by Gasteiger charge is -2.43. The van der Waals surface area contributed by atoms with Gasteiger partial charge in [0.1, 0.15) is 12.1 Å². The number of hydrogen-bond acceptors (Lipinski definition) is 7. The van der Waals surface area contributed by atoms with Crippen molar-refractivity contribution < 1.29 is 34.1 Å². The van der Waals surface area contributed by atoms with E-state index in [9.17, 15) is 4.79 Å². The number of amides is 1. The van der Waals surface area contributed by atoms with Gasteiger partial charge in [0.2, 0.25) is 5.91 Å². The van der Waals surface area contributed by atoms with Crippen LogP contribution in [0.5, 0.6) is 11.5 Å². The fourth-order valence-electron chi connectivity index (χ4n) is 4.46. The summed E-state index contributed by atoms with van der Waals surface area (Å²) < 4.78 is 11.8. The second-order valence-electron chi connectivity index (χ2n) is 8.46. The van der Waals surface area contributed by atoms with Gasteiger partial charge < -0.3 is 29.5 Å². The Hall–Kier alpha value is -2.85. The molecule has 0 aromatic heterocycles. The van der Waals surface area contributed by atoms with Crippen LogP contribution in [0.1, 0.15) is 38.2 Å². The molecule has 192 valence electrons. The molecule has 2 saturated heterocycles. The summed E-state index contributed by atoms with van der Waals surface area (Å²) in [5.41, 5.74) is 0.866. The van der Waals surface area contributed by atoms with Crippen molar-refractivity contribution in [2.45, 2.75) is 44.7 Å². The van der Waals surface area contributed by atoms with Crippen LogP contribution in [0.15, 0.2) is 18.2 Å². The van der Waals surface area contributed by atoms with Crippen molar-refractivity contribution in [2.24, 2.45) is 0 Å². The van der Waals surface area contributed by atoms with Gasteiger partial charge in [-0.2, -0.15) is 0 Å². The van der Waals surface area contributed by atoms with Crippen molar-refractivity contribution in [1.82, 2.24) is 14.7 Å². The summed E-state index contributed by atoms with van der Waals surface area (Å²) in [5.74, 6) is 1.88. The molecule has 34 heavy (non-hydrogen) atoms.